The molecule has 0 bridgehead atoms. The Morgan fingerprint density at radius 1 is 1.30 bits per heavy atom. The topological polar surface area (TPSA) is 82.1 Å². The first-order valence-corrected chi connectivity index (χ1v) is 9.60. The normalized spacial score (nSPS) is 21.7. The molecule has 0 amide bonds. The Morgan fingerprint density at radius 2 is 2.04 bits per heavy atom. The van der Waals surface area contributed by atoms with Crippen LogP contribution < -0.4 is 9.47 Å². The number of hydrogen-bond donors (Lipinski definition) is 0. The highest BCUT2D eigenvalue weighted by atomic mass is 32.2. The van der Waals surface area contributed by atoms with Gasteiger partial charge in [0, 0.05) is 24.9 Å². The van der Waals surface area contributed by atoms with E-state index in [2.05, 4.69) is 0 Å². The second-order valence-corrected chi connectivity index (χ2v) is 8.30. The highest BCUT2D eigenvalue weighted by Crippen LogP contribution is 2.34. The predicted molar refractivity (Wildman–Crippen MR) is 84.5 cm³/mol. The average molecular weight is 359 g/mol. The van der Waals surface area contributed by atoms with Crippen LogP contribution in [0.1, 0.15) is 0 Å². The lowest BCUT2D eigenvalue weighted by atomic mass is 10.3. The first-order chi connectivity index (χ1) is 11.0. The van der Waals surface area contributed by atoms with E-state index in [-0.39, 0.29) is 11.4 Å². The predicted octanol–water partition coefficient (Wildman–Crippen LogP) is 0.737. The molecule has 23 heavy (non-hydrogen) atoms. The van der Waals surface area contributed by atoms with E-state index in [4.69, 9.17) is 14.2 Å². The Morgan fingerprint density at radius 3 is 2.78 bits per heavy atom. The molecule has 0 radical (unpaired) electrons. The van der Waals surface area contributed by atoms with Crippen molar-refractivity contribution >= 4 is 27.8 Å². The van der Waals surface area contributed by atoms with Crippen LogP contribution in [0, 0.1) is 0 Å². The molecule has 7 nitrogen and oxygen atoms in total. The Balaban J connectivity index is 1.84. The third-order valence-corrected chi connectivity index (χ3v) is 6.67. The zero-order chi connectivity index (χ0) is 16.4. The molecule has 0 aliphatic carbocycles. The van der Waals surface area contributed by atoms with Crippen LogP contribution in [0.2, 0.25) is 0 Å². The van der Waals surface area contributed by atoms with Crippen LogP contribution in [0.25, 0.3) is 0 Å². The van der Waals surface area contributed by atoms with E-state index in [1.54, 1.807) is 6.07 Å². The fraction of sp³-hybridized carbons (Fsp3) is 0.500. The van der Waals surface area contributed by atoms with E-state index in [1.807, 2.05) is 0 Å². The maximum absolute atomic E-state index is 12.8. The maximum atomic E-state index is 12.8. The molecule has 1 aromatic carbocycles. The molecule has 0 N–H and O–H groups in total. The summed E-state index contributed by atoms with van der Waals surface area (Å²) in [4.78, 5) is 11.8. The number of ether oxygens (including phenoxy) is 3. The van der Waals surface area contributed by atoms with Crippen molar-refractivity contribution in [1.29, 1.82) is 0 Å². The first-order valence-electron chi connectivity index (χ1n) is 7.11. The fourth-order valence-electron chi connectivity index (χ4n) is 2.45. The highest BCUT2D eigenvalue weighted by Gasteiger charge is 2.34. The minimum atomic E-state index is -3.69. The van der Waals surface area contributed by atoms with Gasteiger partial charge in [-0.25, -0.2) is 8.42 Å². The van der Waals surface area contributed by atoms with Crippen LogP contribution in [0.5, 0.6) is 11.5 Å². The molecule has 2 aliphatic heterocycles. The number of sulfonamides is 1. The number of fused-ring (bicyclic) bond motifs is 1. The molecular weight excluding hydrogens is 342 g/mol. The Kier molecular flexibility index (Phi) is 4.69. The van der Waals surface area contributed by atoms with E-state index in [0.717, 1.165) is 0 Å². The number of carbonyl (C=O) groups is 1. The van der Waals surface area contributed by atoms with Crippen molar-refractivity contribution in [1.82, 2.24) is 4.31 Å². The lowest BCUT2D eigenvalue weighted by Crippen LogP contribution is -2.44. The molecule has 0 aromatic heterocycles. The van der Waals surface area contributed by atoms with E-state index in [0.29, 0.717) is 37.0 Å². The molecule has 126 valence electrons. The zero-order valence-corrected chi connectivity index (χ0v) is 14.2. The van der Waals surface area contributed by atoms with Gasteiger partial charge in [0.1, 0.15) is 18.5 Å². The summed E-state index contributed by atoms with van der Waals surface area (Å²) in [5.41, 5.74) is 0. The number of hydrogen-bond acceptors (Lipinski definition) is 7. The summed E-state index contributed by atoms with van der Waals surface area (Å²) in [7, 11) is -2.39. The summed E-state index contributed by atoms with van der Waals surface area (Å²) in [6.07, 6.45) is 0. The summed E-state index contributed by atoms with van der Waals surface area (Å²) in [6, 6.07) is 4.56. The van der Waals surface area contributed by atoms with Crippen LogP contribution in [-0.2, 0) is 19.6 Å². The summed E-state index contributed by atoms with van der Waals surface area (Å²) >= 11 is 1.41. The molecule has 9 heteroatoms. The molecule has 3 rings (SSSR count). The molecule has 1 saturated heterocycles. The van der Waals surface area contributed by atoms with Gasteiger partial charge in [-0.15, -0.1) is 11.8 Å². The van der Waals surface area contributed by atoms with Gasteiger partial charge in [0.05, 0.1) is 12.0 Å². The molecule has 2 heterocycles. The van der Waals surface area contributed by atoms with Crippen molar-refractivity contribution in [2.45, 2.75) is 10.1 Å². The minimum absolute atomic E-state index is 0.105. The quantitative estimate of drug-likeness (QED) is 0.736. The van der Waals surface area contributed by atoms with Crippen molar-refractivity contribution in [2.75, 3.05) is 39.2 Å². The number of thioether (sulfide) groups is 1. The van der Waals surface area contributed by atoms with Crippen LogP contribution in [0.15, 0.2) is 23.1 Å². The lowest BCUT2D eigenvalue weighted by Gasteiger charge is -2.30. The number of benzene rings is 1. The van der Waals surface area contributed by atoms with Crippen molar-refractivity contribution in [3.63, 3.8) is 0 Å². The smallest absolute Gasteiger partial charge is 0.320 e. The number of carbonyl (C=O) groups excluding carboxylic acids is 1. The summed E-state index contributed by atoms with van der Waals surface area (Å²) in [5.74, 6) is 1.10. The molecule has 1 fully saturated rings. The van der Waals surface area contributed by atoms with Gasteiger partial charge in [-0.05, 0) is 12.1 Å². The minimum Gasteiger partial charge on any atom is -0.486 e. The number of methoxy groups -OCH3 is 1. The Labute approximate surface area is 138 Å². The molecule has 0 saturated carbocycles. The zero-order valence-electron chi connectivity index (χ0n) is 12.6. The van der Waals surface area contributed by atoms with Crippen molar-refractivity contribution in [3.8, 4) is 11.5 Å². The molecular formula is C14H17NO6S2. The van der Waals surface area contributed by atoms with E-state index < -0.39 is 21.2 Å². The molecule has 1 aromatic rings. The third-order valence-electron chi connectivity index (χ3n) is 3.64. The van der Waals surface area contributed by atoms with Gasteiger partial charge in [-0.3, -0.25) is 4.79 Å². The van der Waals surface area contributed by atoms with E-state index >= 15 is 0 Å². The van der Waals surface area contributed by atoms with Crippen LogP contribution in [-0.4, -0.2) is 63.1 Å². The molecule has 2 aliphatic rings. The molecule has 1 atom stereocenters. The van der Waals surface area contributed by atoms with Gasteiger partial charge in [-0.2, -0.15) is 4.31 Å². The average Bonchev–Trinajstić information content (AvgIpc) is 2.60. The van der Waals surface area contributed by atoms with Crippen LogP contribution >= 0.6 is 11.8 Å². The third kappa shape index (κ3) is 3.26. The summed E-state index contributed by atoms with van der Waals surface area (Å²) < 4.78 is 42.5. The van der Waals surface area contributed by atoms with Crippen molar-refractivity contribution < 1.29 is 27.4 Å². The SMILES string of the molecule is COC(=O)[C@H]1CN(S(=O)(=O)c2ccc3c(c2)OCCO3)CCS1. The second kappa shape index (κ2) is 6.58. The largest absolute Gasteiger partial charge is 0.486 e. The fourth-order valence-corrected chi connectivity index (χ4v) is 5.26. The summed E-state index contributed by atoms with van der Waals surface area (Å²) in [5, 5.41) is -0.499. The van der Waals surface area contributed by atoms with Gasteiger partial charge in [0.15, 0.2) is 11.5 Å². The second-order valence-electron chi connectivity index (χ2n) is 5.05. The maximum Gasteiger partial charge on any atom is 0.320 e. The van der Waals surface area contributed by atoms with Gasteiger partial charge in [-0.1, -0.05) is 0 Å². The van der Waals surface area contributed by atoms with Gasteiger partial charge in [0.2, 0.25) is 10.0 Å². The van der Waals surface area contributed by atoms with E-state index in [1.165, 1.54) is 35.3 Å². The summed E-state index contributed by atoms with van der Waals surface area (Å²) in [6.45, 7) is 1.30. The molecule has 0 unspecified atom stereocenters. The number of nitrogens with zero attached hydrogens (tertiary/aromatic N) is 1. The van der Waals surface area contributed by atoms with Gasteiger partial charge >= 0.3 is 5.97 Å². The van der Waals surface area contributed by atoms with Crippen LogP contribution in [0.3, 0.4) is 0 Å². The van der Waals surface area contributed by atoms with Crippen molar-refractivity contribution in [2.24, 2.45) is 0 Å². The molecule has 0 spiro atoms. The van der Waals surface area contributed by atoms with Crippen molar-refractivity contribution in [3.05, 3.63) is 18.2 Å². The van der Waals surface area contributed by atoms with Crippen LogP contribution in [0.4, 0.5) is 0 Å². The lowest BCUT2D eigenvalue weighted by molar-refractivity contribution is -0.140. The first kappa shape index (κ1) is 16.4. The number of rotatable bonds is 3. The highest BCUT2D eigenvalue weighted by molar-refractivity contribution is 8.00. The standard InChI is InChI=1S/C14H17NO6S2/c1-19-14(16)13-9-15(4-7-22-13)23(17,18)10-2-3-11-12(8-10)21-6-5-20-11/h2-3,8,13H,4-7,9H2,1H3/t13-/m1/s1. The van der Waals surface area contributed by atoms with Gasteiger partial charge < -0.3 is 14.2 Å². The van der Waals surface area contributed by atoms with Gasteiger partial charge in [0.25, 0.3) is 0 Å². The van der Waals surface area contributed by atoms with E-state index in [9.17, 15) is 13.2 Å². The monoisotopic (exact) mass is 359 g/mol. The Bertz CT molecular complexity index is 705. The number of esters is 1. The Hall–Kier alpha value is -1.45.